The van der Waals surface area contributed by atoms with E-state index >= 15 is 0 Å². The molecule has 0 saturated carbocycles. The highest BCUT2D eigenvalue weighted by atomic mass is 19.4. The topological polar surface area (TPSA) is 73.2 Å². The predicted octanol–water partition coefficient (Wildman–Crippen LogP) is 5.80. The Labute approximate surface area is 210 Å². The molecular formula is C27H23F4N3O3. The SMILES string of the molecule is CCOC1=CC(c2ccc(CC(=O)Nc3cc(-n4cc(C)cn4)cc(C(F)(F)F)c3)c(F)c2)=CCC1=O. The van der Waals surface area contributed by atoms with E-state index in [0.29, 0.717) is 17.7 Å². The van der Waals surface area contributed by atoms with Gasteiger partial charge in [0.2, 0.25) is 11.7 Å². The van der Waals surface area contributed by atoms with Crippen molar-refractivity contribution in [1.29, 1.82) is 0 Å². The second kappa shape index (κ2) is 10.4. The van der Waals surface area contributed by atoms with E-state index in [-0.39, 0.29) is 34.9 Å². The maximum Gasteiger partial charge on any atom is 0.416 e. The summed E-state index contributed by atoms with van der Waals surface area (Å²) in [5.41, 5.74) is 1.01. The van der Waals surface area contributed by atoms with Crippen molar-refractivity contribution in [3.8, 4) is 5.69 Å². The van der Waals surface area contributed by atoms with Crippen LogP contribution in [-0.4, -0.2) is 28.1 Å². The summed E-state index contributed by atoms with van der Waals surface area (Å²) < 4.78 is 61.8. The van der Waals surface area contributed by atoms with Gasteiger partial charge >= 0.3 is 6.18 Å². The van der Waals surface area contributed by atoms with E-state index in [1.54, 1.807) is 38.3 Å². The summed E-state index contributed by atoms with van der Waals surface area (Å²) in [6.07, 6.45) is 1.36. The molecule has 0 unspecified atom stereocenters. The first kappa shape index (κ1) is 25.9. The summed E-state index contributed by atoms with van der Waals surface area (Å²) in [7, 11) is 0. The minimum atomic E-state index is -4.64. The Hall–Kier alpha value is -4.21. The fraction of sp³-hybridized carbons (Fsp3) is 0.222. The van der Waals surface area contributed by atoms with Crippen LogP contribution in [0.25, 0.3) is 11.3 Å². The van der Waals surface area contributed by atoms with Crippen LogP contribution in [0.2, 0.25) is 0 Å². The maximum absolute atomic E-state index is 14.8. The molecule has 0 atom stereocenters. The van der Waals surface area contributed by atoms with Crippen LogP contribution in [0.1, 0.15) is 35.6 Å². The third-order valence-corrected chi connectivity index (χ3v) is 5.61. The summed E-state index contributed by atoms with van der Waals surface area (Å²) in [5.74, 6) is -1.31. The number of ketones is 1. The molecule has 37 heavy (non-hydrogen) atoms. The lowest BCUT2D eigenvalue weighted by Gasteiger charge is -2.15. The fourth-order valence-electron chi connectivity index (χ4n) is 3.84. The number of carbonyl (C=O) groups is 2. The number of amides is 1. The second-order valence-electron chi connectivity index (χ2n) is 8.49. The van der Waals surface area contributed by atoms with Crippen molar-refractivity contribution in [3.05, 3.63) is 94.8 Å². The van der Waals surface area contributed by atoms with Crippen molar-refractivity contribution in [2.45, 2.75) is 32.9 Å². The van der Waals surface area contributed by atoms with E-state index in [0.717, 1.165) is 17.7 Å². The van der Waals surface area contributed by atoms with E-state index in [2.05, 4.69) is 10.4 Å². The number of alkyl halides is 3. The van der Waals surface area contributed by atoms with Crippen LogP contribution in [0.4, 0.5) is 23.2 Å². The van der Waals surface area contributed by atoms with Crippen LogP contribution in [0.5, 0.6) is 0 Å². The van der Waals surface area contributed by atoms with Crippen molar-refractivity contribution in [1.82, 2.24) is 9.78 Å². The highest BCUT2D eigenvalue weighted by Crippen LogP contribution is 2.33. The first-order valence-corrected chi connectivity index (χ1v) is 11.4. The Balaban J connectivity index is 1.53. The number of allylic oxidation sites excluding steroid dienone is 4. The van der Waals surface area contributed by atoms with Crippen LogP contribution in [0, 0.1) is 12.7 Å². The Morgan fingerprint density at radius 1 is 1.19 bits per heavy atom. The molecule has 4 rings (SSSR count). The Bertz CT molecular complexity index is 1420. The monoisotopic (exact) mass is 513 g/mol. The number of hydrogen-bond acceptors (Lipinski definition) is 4. The van der Waals surface area contributed by atoms with Gasteiger partial charge in [0.05, 0.1) is 30.5 Å². The molecule has 0 spiro atoms. The molecule has 3 aromatic rings. The van der Waals surface area contributed by atoms with Crippen LogP contribution >= 0.6 is 0 Å². The fourth-order valence-corrected chi connectivity index (χ4v) is 3.84. The van der Waals surface area contributed by atoms with Crippen LogP contribution in [0.15, 0.2) is 66.7 Å². The molecule has 0 fully saturated rings. The third kappa shape index (κ3) is 6.14. The number of nitrogens with zero attached hydrogens (tertiary/aromatic N) is 2. The zero-order valence-electron chi connectivity index (χ0n) is 20.0. The minimum absolute atomic E-state index is 0.0673. The Morgan fingerprint density at radius 3 is 2.62 bits per heavy atom. The number of anilines is 1. The molecule has 0 bridgehead atoms. The average molecular weight is 513 g/mol. The van der Waals surface area contributed by atoms with E-state index < -0.39 is 29.9 Å². The molecule has 0 radical (unpaired) electrons. The molecule has 10 heteroatoms. The largest absolute Gasteiger partial charge is 0.490 e. The number of Topliss-reactive ketones (excluding diaryl/α,β-unsaturated/α-hetero) is 1. The molecule has 1 aromatic heterocycles. The highest BCUT2D eigenvalue weighted by Gasteiger charge is 2.31. The molecule has 192 valence electrons. The predicted molar refractivity (Wildman–Crippen MR) is 129 cm³/mol. The van der Waals surface area contributed by atoms with Crippen LogP contribution in [-0.2, 0) is 26.9 Å². The van der Waals surface area contributed by atoms with E-state index in [1.165, 1.54) is 29.1 Å². The van der Waals surface area contributed by atoms with Crippen molar-refractivity contribution in [3.63, 3.8) is 0 Å². The number of aryl methyl sites for hydroxylation is 1. The summed E-state index contributed by atoms with van der Waals surface area (Å²) in [5, 5.41) is 6.45. The zero-order chi connectivity index (χ0) is 26.7. The summed E-state index contributed by atoms with van der Waals surface area (Å²) in [6.45, 7) is 3.82. The van der Waals surface area contributed by atoms with Gasteiger partial charge in [-0.05, 0) is 66.5 Å². The number of hydrogen-bond donors (Lipinski definition) is 1. The maximum atomic E-state index is 14.8. The first-order valence-electron chi connectivity index (χ1n) is 11.4. The number of nitrogens with one attached hydrogen (secondary N) is 1. The molecule has 1 amide bonds. The smallest absolute Gasteiger partial charge is 0.416 e. The zero-order valence-corrected chi connectivity index (χ0v) is 20.0. The van der Waals surface area contributed by atoms with Crippen LogP contribution < -0.4 is 5.32 Å². The van der Waals surface area contributed by atoms with Crippen molar-refractivity contribution < 1.29 is 31.9 Å². The molecule has 0 saturated heterocycles. The molecule has 2 aromatic carbocycles. The molecule has 1 heterocycles. The lowest BCUT2D eigenvalue weighted by atomic mass is 9.96. The number of benzene rings is 2. The average Bonchev–Trinajstić information content (AvgIpc) is 3.27. The van der Waals surface area contributed by atoms with Gasteiger partial charge in [0.1, 0.15) is 5.82 Å². The minimum Gasteiger partial charge on any atom is -0.490 e. The van der Waals surface area contributed by atoms with Gasteiger partial charge in [0.25, 0.3) is 0 Å². The summed E-state index contributed by atoms with van der Waals surface area (Å²) >= 11 is 0. The molecule has 6 nitrogen and oxygen atoms in total. The Morgan fingerprint density at radius 2 is 1.97 bits per heavy atom. The van der Waals surface area contributed by atoms with Gasteiger partial charge in [-0.3, -0.25) is 9.59 Å². The number of halogens is 4. The lowest BCUT2D eigenvalue weighted by molar-refractivity contribution is -0.137. The Kier molecular flexibility index (Phi) is 7.28. The van der Waals surface area contributed by atoms with Gasteiger partial charge in [0.15, 0.2) is 5.76 Å². The van der Waals surface area contributed by atoms with Gasteiger partial charge in [-0.2, -0.15) is 18.3 Å². The summed E-state index contributed by atoms with van der Waals surface area (Å²) in [6, 6.07) is 7.39. The standard InChI is InChI=1S/C27H23F4N3O3/c1-3-37-25-9-18(6-7-24(25)35)17-4-5-19(23(28)8-17)10-26(36)33-21-11-20(27(29,30)31)12-22(13-21)34-15-16(2)14-32-34/h4-6,8-9,11-15H,3,7,10H2,1-2H3,(H,33,36). The number of aromatic nitrogens is 2. The normalized spacial score (nSPS) is 13.7. The van der Waals surface area contributed by atoms with Crippen molar-refractivity contribution >= 4 is 23.0 Å². The van der Waals surface area contributed by atoms with Gasteiger partial charge in [0, 0.05) is 18.3 Å². The van der Waals surface area contributed by atoms with E-state index in [1.807, 2.05) is 0 Å². The molecule has 1 aliphatic rings. The van der Waals surface area contributed by atoms with Gasteiger partial charge in [-0.1, -0.05) is 18.2 Å². The van der Waals surface area contributed by atoms with Crippen molar-refractivity contribution in [2.75, 3.05) is 11.9 Å². The molecule has 1 N–H and O–H groups in total. The second-order valence-corrected chi connectivity index (χ2v) is 8.49. The number of carbonyl (C=O) groups excluding carboxylic acids is 2. The number of rotatable bonds is 7. The van der Waals surface area contributed by atoms with E-state index in [4.69, 9.17) is 4.74 Å². The van der Waals surface area contributed by atoms with Crippen LogP contribution in [0.3, 0.4) is 0 Å². The number of ether oxygens (including phenoxy) is 1. The first-order chi connectivity index (χ1) is 17.5. The van der Waals surface area contributed by atoms with Gasteiger partial charge < -0.3 is 10.1 Å². The quantitative estimate of drug-likeness (QED) is 0.406. The molecule has 1 aliphatic carbocycles. The van der Waals surface area contributed by atoms with Gasteiger partial charge in [-0.25, -0.2) is 9.07 Å². The van der Waals surface area contributed by atoms with Gasteiger partial charge in [-0.15, -0.1) is 0 Å². The van der Waals surface area contributed by atoms with Crippen molar-refractivity contribution in [2.24, 2.45) is 0 Å². The summed E-state index contributed by atoms with van der Waals surface area (Å²) in [4.78, 5) is 24.5. The molecular weight excluding hydrogens is 490 g/mol. The third-order valence-electron chi connectivity index (χ3n) is 5.61. The lowest BCUT2D eigenvalue weighted by Crippen LogP contribution is -2.17. The van der Waals surface area contributed by atoms with E-state index in [9.17, 15) is 27.2 Å². The highest BCUT2D eigenvalue weighted by molar-refractivity contribution is 6.01. The molecule has 0 aliphatic heterocycles.